The lowest BCUT2D eigenvalue weighted by molar-refractivity contribution is 0.0986. The van der Waals surface area contributed by atoms with Crippen molar-refractivity contribution in [2.75, 3.05) is 18.6 Å². The van der Waals surface area contributed by atoms with E-state index in [1.54, 1.807) is 36.7 Å². The molecule has 142 valence electrons. The Hall–Kier alpha value is -3.19. The smallest absolute Gasteiger partial charge is 0.260 e. The Morgan fingerprint density at radius 2 is 2.11 bits per heavy atom. The van der Waals surface area contributed by atoms with E-state index in [0.717, 1.165) is 23.2 Å². The monoisotopic (exact) mass is 392 g/mol. The number of aryl methyl sites for hydroxylation is 1. The Morgan fingerprint density at radius 1 is 1.21 bits per heavy atom. The summed E-state index contributed by atoms with van der Waals surface area (Å²) in [6.07, 6.45) is 6.26. The highest BCUT2D eigenvalue weighted by Crippen LogP contribution is 2.30. The number of fused-ring (bicyclic) bond motifs is 1. The molecule has 28 heavy (non-hydrogen) atoms. The lowest BCUT2D eigenvalue weighted by Crippen LogP contribution is -2.32. The number of carbonyl (C=O) groups is 1. The topological polar surface area (TPSA) is 60.2 Å². The SMILES string of the molecule is COc1cccc(C(=O)N(CCCn2ccnc2)c2nc3ccccc3s2)c1. The molecule has 2 heterocycles. The first-order valence-corrected chi connectivity index (χ1v) is 9.83. The van der Waals surface area contributed by atoms with E-state index < -0.39 is 0 Å². The highest BCUT2D eigenvalue weighted by molar-refractivity contribution is 7.22. The van der Waals surface area contributed by atoms with Gasteiger partial charge in [0.25, 0.3) is 5.91 Å². The van der Waals surface area contributed by atoms with E-state index in [1.807, 2.05) is 47.2 Å². The Morgan fingerprint density at radius 3 is 2.89 bits per heavy atom. The van der Waals surface area contributed by atoms with Gasteiger partial charge in [-0.15, -0.1) is 0 Å². The zero-order valence-corrected chi connectivity index (χ0v) is 16.3. The van der Waals surface area contributed by atoms with Crippen LogP contribution in [0.1, 0.15) is 16.8 Å². The predicted octanol–water partition coefficient (Wildman–Crippen LogP) is 4.24. The zero-order chi connectivity index (χ0) is 19.3. The molecule has 1 amide bonds. The van der Waals surface area contributed by atoms with Gasteiger partial charge in [-0.05, 0) is 36.8 Å². The fourth-order valence-corrected chi connectivity index (χ4v) is 3.99. The number of ether oxygens (including phenoxy) is 1. The lowest BCUT2D eigenvalue weighted by Gasteiger charge is -2.20. The van der Waals surface area contributed by atoms with E-state index in [9.17, 15) is 4.79 Å². The molecule has 0 atom stereocenters. The third kappa shape index (κ3) is 3.89. The summed E-state index contributed by atoms with van der Waals surface area (Å²) < 4.78 is 8.35. The summed E-state index contributed by atoms with van der Waals surface area (Å²) in [6, 6.07) is 15.2. The van der Waals surface area contributed by atoms with Crippen LogP contribution in [-0.2, 0) is 6.54 Å². The van der Waals surface area contributed by atoms with E-state index in [2.05, 4.69) is 4.98 Å². The molecule has 0 saturated carbocycles. The van der Waals surface area contributed by atoms with Crippen LogP contribution in [0.5, 0.6) is 5.75 Å². The van der Waals surface area contributed by atoms with Gasteiger partial charge in [0.15, 0.2) is 5.13 Å². The Bertz CT molecular complexity index is 1040. The molecule has 0 aliphatic rings. The molecule has 0 radical (unpaired) electrons. The van der Waals surface area contributed by atoms with Crippen LogP contribution in [-0.4, -0.2) is 34.1 Å². The van der Waals surface area contributed by atoms with Gasteiger partial charge in [-0.3, -0.25) is 9.69 Å². The molecule has 0 spiro atoms. The van der Waals surface area contributed by atoms with Gasteiger partial charge in [0.1, 0.15) is 5.75 Å². The van der Waals surface area contributed by atoms with Gasteiger partial charge in [-0.1, -0.05) is 29.5 Å². The molecule has 0 aliphatic heterocycles. The van der Waals surface area contributed by atoms with Gasteiger partial charge in [-0.25, -0.2) is 9.97 Å². The summed E-state index contributed by atoms with van der Waals surface area (Å²) in [6.45, 7) is 1.35. The molecule has 7 heteroatoms. The molecule has 2 aromatic heterocycles. The van der Waals surface area contributed by atoms with Gasteiger partial charge >= 0.3 is 0 Å². The molecule has 0 fully saturated rings. The highest BCUT2D eigenvalue weighted by atomic mass is 32.1. The molecule has 0 aliphatic carbocycles. The highest BCUT2D eigenvalue weighted by Gasteiger charge is 2.21. The predicted molar refractivity (Wildman–Crippen MR) is 111 cm³/mol. The zero-order valence-electron chi connectivity index (χ0n) is 15.5. The van der Waals surface area contributed by atoms with Crippen LogP contribution >= 0.6 is 11.3 Å². The fraction of sp³-hybridized carbons (Fsp3) is 0.190. The third-order valence-electron chi connectivity index (χ3n) is 4.43. The summed E-state index contributed by atoms with van der Waals surface area (Å²) in [4.78, 5) is 23.8. The minimum atomic E-state index is -0.0800. The number of nitrogens with zero attached hydrogens (tertiary/aromatic N) is 4. The number of methoxy groups -OCH3 is 1. The number of hydrogen-bond donors (Lipinski definition) is 0. The maximum atomic E-state index is 13.3. The summed E-state index contributed by atoms with van der Waals surface area (Å²) in [5, 5.41) is 0.708. The van der Waals surface area contributed by atoms with Gasteiger partial charge in [-0.2, -0.15) is 0 Å². The van der Waals surface area contributed by atoms with Crippen LogP contribution in [0.3, 0.4) is 0 Å². The number of hydrogen-bond acceptors (Lipinski definition) is 5. The van der Waals surface area contributed by atoms with E-state index in [-0.39, 0.29) is 5.91 Å². The Balaban J connectivity index is 1.62. The van der Waals surface area contributed by atoms with Crippen LogP contribution in [0, 0.1) is 0 Å². The van der Waals surface area contributed by atoms with Crippen LogP contribution in [0.2, 0.25) is 0 Å². The van der Waals surface area contributed by atoms with E-state index >= 15 is 0 Å². The third-order valence-corrected chi connectivity index (χ3v) is 5.49. The first-order chi connectivity index (χ1) is 13.7. The second kappa shape index (κ2) is 8.22. The van der Waals surface area contributed by atoms with Crippen molar-refractivity contribution in [1.82, 2.24) is 14.5 Å². The summed E-state index contributed by atoms with van der Waals surface area (Å²) >= 11 is 1.53. The van der Waals surface area contributed by atoms with Crippen LogP contribution in [0.15, 0.2) is 67.3 Å². The van der Waals surface area contributed by atoms with Gasteiger partial charge in [0.2, 0.25) is 0 Å². The van der Waals surface area contributed by atoms with E-state index in [1.165, 1.54) is 11.3 Å². The van der Waals surface area contributed by atoms with Crippen LogP contribution in [0.4, 0.5) is 5.13 Å². The normalized spacial score (nSPS) is 10.9. The molecule has 4 aromatic rings. The number of benzene rings is 2. The quantitative estimate of drug-likeness (QED) is 0.472. The molecule has 0 saturated heterocycles. The molecule has 2 aromatic carbocycles. The molecule has 4 rings (SSSR count). The van der Waals surface area contributed by atoms with Crippen molar-refractivity contribution in [2.24, 2.45) is 0 Å². The minimum absolute atomic E-state index is 0.0800. The average Bonchev–Trinajstić information content (AvgIpc) is 3.40. The second-order valence-corrected chi connectivity index (χ2v) is 7.32. The van der Waals surface area contributed by atoms with E-state index in [4.69, 9.17) is 9.72 Å². The maximum Gasteiger partial charge on any atom is 0.260 e. The minimum Gasteiger partial charge on any atom is -0.497 e. The summed E-state index contributed by atoms with van der Waals surface area (Å²) in [5.41, 5.74) is 1.49. The molecular weight excluding hydrogens is 372 g/mol. The van der Waals surface area contributed by atoms with Crippen molar-refractivity contribution in [3.63, 3.8) is 0 Å². The maximum absolute atomic E-state index is 13.3. The first kappa shape index (κ1) is 18.2. The Labute approximate surface area is 167 Å². The summed E-state index contributed by atoms with van der Waals surface area (Å²) in [7, 11) is 1.60. The van der Waals surface area contributed by atoms with Gasteiger partial charge < -0.3 is 9.30 Å². The van der Waals surface area contributed by atoms with Crippen LogP contribution in [0.25, 0.3) is 10.2 Å². The molecule has 6 nitrogen and oxygen atoms in total. The van der Waals surface area contributed by atoms with Crippen LogP contribution < -0.4 is 9.64 Å². The molecule has 0 unspecified atom stereocenters. The first-order valence-electron chi connectivity index (χ1n) is 9.02. The van der Waals surface area contributed by atoms with Crippen molar-refractivity contribution in [2.45, 2.75) is 13.0 Å². The van der Waals surface area contributed by atoms with Crippen molar-refractivity contribution in [3.05, 3.63) is 72.8 Å². The molecular formula is C21H20N4O2S. The number of carbonyl (C=O) groups excluding carboxylic acids is 1. The van der Waals surface area contributed by atoms with Crippen molar-refractivity contribution in [1.29, 1.82) is 0 Å². The van der Waals surface area contributed by atoms with E-state index in [0.29, 0.717) is 23.0 Å². The summed E-state index contributed by atoms with van der Waals surface area (Å²) in [5.74, 6) is 0.581. The molecule has 0 N–H and O–H groups in total. The van der Waals surface area contributed by atoms with Gasteiger partial charge in [0, 0.05) is 31.0 Å². The number of rotatable bonds is 7. The average molecular weight is 392 g/mol. The molecule has 0 bridgehead atoms. The van der Waals surface area contributed by atoms with Crippen molar-refractivity contribution in [3.8, 4) is 5.75 Å². The number of imidazole rings is 1. The largest absolute Gasteiger partial charge is 0.497 e. The Kier molecular flexibility index (Phi) is 5.34. The standard InChI is InChI=1S/C21H20N4O2S/c1-27-17-7-4-6-16(14-17)20(26)25(12-5-11-24-13-10-22-15-24)21-23-18-8-2-3-9-19(18)28-21/h2-4,6-10,13-15H,5,11-12H2,1H3. The number of thiazole rings is 1. The number of aromatic nitrogens is 3. The van der Waals surface area contributed by atoms with Crippen molar-refractivity contribution < 1.29 is 9.53 Å². The number of amides is 1. The number of anilines is 1. The lowest BCUT2D eigenvalue weighted by atomic mass is 10.2. The van der Waals surface area contributed by atoms with Gasteiger partial charge in [0.05, 0.1) is 23.7 Å². The van der Waals surface area contributed by atoms with Crippen molar-refractivity contribution >= 4 is 32.6 Å². The number of para-hydroxylation sites is 1. The fourth-order valence-electron chi connectivity index (χ4n) is 3.00. The second-order valence-electron chi connectivity index (χ2n) is 6.31.